The van der Waals surface area contributed by atoms with Crippen molar-refractivity contribution in [2.75, 3.05) is 8.85 Å². The average Bonchev–Trinajstić information content (AvgIpc) is 2.04. The number of carbonyl (C=O) groups is 1. The van der Waals surface area contributed by atoms with Gasteiger partial charge < -0.3 is 8.85 Å². The van der Waals surface area contributed by atoms with E-state index in [0.717, 1.165) is 11.4 Å². The van der Waals surface area contributed by atoms with Crippen molar-refractivity contribution in [1.82, 2.24) is 0 Å². The van der Waals surface area contributed by atoms with E-state index < -0.39 is 0 Å². The van der Waals surface area contributed by atoms with E-state index in [0.29, 0.717) is 0 Å². The molecule has 3 nitrogen and oxygen atoms in total. The van der Waals surface area contributed by atoms with Crippen molar-refractivity contribution in [3.8, 4) is 0 Å². The molecule has 1 amide bonds. The minimum absolute atomic E-state index is 0.0610. The van der Waals surface area contributed by atoms with Crippen LogP contribution in [0.15, 0.2) is 24.3 Å². The number of para-hydroxylation sites is 2. The van der Waals surface area contributed by atoms with Crippen LogP contribution >= 0.6 is 22.9 Å². The van der Waals surface area contributed by atoms with Gasteiger partial charge in [0, 0.05) is 6.92 Å². The zero-order chi connectivity index (χ0) is 8.97. The van der Waals surface area contributed by atoms with Crippen LogP contribution in [-0.4, -0.2) is 5.91 Å². The molecule has 0 saturated carbocycles. The van der Waals surface area contributed by atoms with E-state index in [2.05, 4.69) is 8.85 Å². The van der Waals surface area contributed by atoms with Crippen molar-refractivity contribution in [2.24, 2.45) is 0 Å². The van der Waals surface area contributed by atoms with E-state index in [1.54, 1.807) is 0 Å². The lowest BCUT2D eigenvalue weighted by atomic mass is 10.3. The third-order valence-corrected chi connectivity index (χ3v) is 1.92. The summed E-state index contributed by atoms with van der Waals surface area (Å²) in [4.78, 5) is 10.7. The summed E-state index contributed by atoms with van der Waals surface area (Å²) in [6, 6.07) is 7.54. The van der Waals surface area contributed by atoms with Crippen molar-refractivity contribution in [2.45, 2.75) is 6.92 Å². The van der Waals surface area contributed by atoms with Crippen LogP contribution in [0.4, 0.5) is 11.4 Å². The minimum atomic E-state index is -0.0610. The van der Waals surface area contributed by atoms with Crippen LogP contribution in [0.5, 0.6) is 0 Å². The first-order valence-corrected chi connectivity index (χ1v) is 4.55. The maximum absolute atomic E-state index is 10.7. The predicted molar refractivity (Wildman–Crippen MR) is 58.4 cm³/mol. The van der Waals surface area contributed by atoms with Gasteiger partial charge in [-0.3, -0.25) is 4.79 Å². The standard InChI is InChI=1S/C8H9IN2O/c1-6(12)10-7-4-2-3-5-8(7)11-9/h2-5,11H,1H3,(H,10,12). The Balaban J connectivity index is 2.89. The Morgan fingerprint density at radius 3 is 2.42 bits per heavy atom. The molecule has 12 heavy (non-hydrogen) atoms. The molecule has 1 rings (SSSR count). The first kappa shape index (κ1) is 9.31. The molecule has 0 saturated heterocycles. The smallest absolute Gasteiger partial charge is 0.221 e. The molecule has 1 aromatic rings. The molecule has 0 unspecified atom stereocenters. The number of anilines is 2. The number of carbonyl (C=O) groups excluding carboxylic acids is 1. The van der Waals surface area contributed by atoms with Gasteiger partial charge in [-0.1, -0.05) is 12.1 Å². The van der Waals surface area contributed by atoms with Crippen molar-refractivity contribution >= 4 is 40.1 Å². The summed E-state index contributed by atoms with van der Waals surface area (Å²) in [6.45, 7) is 1.49. The van der Waals surface area contributed by atoms with Gasteiger partial charge in [-0.2, -0.15) is 0 Å². The zero-order valence-corrected chi connectivity index (χ0v) is 8.75. The first-order chi connectivity index (χ1) is 5.74. The van der Waals surface area contributed by atoms with Gasteiger partial charge in [0.05, 0.1) is 34.2 Å². The molecule has 0 bridgehead atoms. The molecule has 0 aliphatic rings. The topological polar surface area (TPSA) is 41.1 Å². The molecular formula is C8H9IN2O. The molecule has 2 N–H and O–H groups in total. The number of hydrogen-bond acceptors (Lipinski definition) is 2. The van der Waals surface area contributed by atoms with Gasteiger partial charge in [0.15, 0.2) is 0 Å². The third kappa shape index (κ3) is 2.37. The molecule has 0 heterocycles. The van der Waals surface area contributed by atoms with Crippen molar-refractivity contribution in [1.29, 1.82) is 0 Å². The van der Waals surface area contributed by atoms with Crippen LogP contribution in [0.1, 0.15) is 6.92 Å². The summed E-state index contributed by atoms with van der Waals surface area (Å²) in [5.41, 5.74) is 1.72. The van der Waals surface area contributed by atoms with Gasteiger partial charge in [0.1, 0.15) is 0 Å². The number of amides is 1. The molecule has 0 spiro atoms. The SMILES string of the molecule is CC(=O)Nc1ccccc1NI. The monoisotopic (exact) mass is 276 g/mol. The summed E-state index contributed by atoms with van der Waals surface area (Å²) < 4.78 is 2.96. The number of nitrogens with one attached hydrogen (secondary N) is 2. The molecule has 0 aliphatic heterocycles. The number of hydrogen-bond donors (Lipinski definition) is 2. The van der Waals surface area contributed by atoms with Crippen LogP contribution in [0.25, 0.3) is 0 Å². The summed E-state index contributed by atoms with van der Waals surface area (Å²) >= 11 is 2.02. The van der Waals surface area contributed by atoms with Crippen LogP contribution in [0, 0.1) is 0 Å². The van der Waals surface area contributed by atoms with E-state index in [9.17, 15) is 4.79 Å². The van der Waals surface area contributed by atoms with E-state index in [1.807, 2.05) is 47.1 Å². The quantitative estimate of drug-likeness (QED) is 0.643. The van der Waals surface area contributed by atoms with E-state index in [-0.39, 0.29) is 5.91 Å². The van der Waals surface area contributed by atoms with Crippen LogP contribution in [-0.2, 0) is 4.79 Å². The van der Waals surface area contributed by atoms with E-state index >= 15 is 0 Å². The van der Waals surface area contributed by atoms with Gasteiger partial charge in [0.25, 0.3) is 0 Å². The number of rotatable bonds is 2. The summed E-state index contributed by atoms with van der Waals surface area (Å²) in [6.07, 6.45) is 0. The second-order valence-electron chi connectivity index (χ2n) is 2.32. The lowest BCUT2D eigenvalue weighted by Gasteiger charge is -2.06. The summed E-state index contributed by atoms with van der Waals surface area (Å²) in [5.74, 6) is -0.0610. The normalized spacial score (nSPS) is 9.17. The minimum Gasteiger partial charge on any atom is -0.327 e. The lowest BCUT2D eigenvalue weighted by Crippen LogP contribution is -2.06. The fraction of sp³-hybridized carbons (Fsp3) is 0.125. The van der Waals surface area contributed by atoms with Crippen molar-refractivity contribution in [3.63, 3.8) is 0 Å². The fourth-order valence-corrected chi connectivity index (χ4v) is 1.33. The summed E-state index contributed by atoms with van der Waals surface area (Å²) in [5, 5.41) is 2.72. The second kappa shape index (κ2) is 4.30. The fourth-order valence-electron chi connectivity index (χ4n) is 0.864. The number of benzene rings is 1. The van der Waals surface area contributed by atoms with Gasteiger partial charge in [-0.15, -0.1) is 0 Å². The Morgan fingerprint density at radius 2 is 1.92 bits per heavy atom. The van der Waals surface area contributed by atoms with Crippen LogP contribution in [0.3, 0.4) is 0 Å². The van der Waals surface area contributed by atoms with Crippen molar-refractivity contribution in [3.05, 3.63) is 24.3 Å². The van der Waals surface area contributed by atoms with Crippen LogP contribution < -0.4 is 8.85 Å². The maximum atomic E-state index is 10.7. The second-order valence-corrected chi connectivity index (χ2v) is 2.86. The zero-order valence-electron chi connectivity index (χ0n) is 6.60. The molecule has 4 heteroatoms. The maximum Gasteiger partial charge on any atom is 0.221 e. The molecule has 0 radical (unpaired) electrons. The average molecular weight is 276 g/mol. The molecule has 64 valence electrons. The Kier molecular flexibility index (Phi) is 3.33. The molecule has 0 fully saturated rings. The summed E-state index contributed by atoms with van der Waals surface area (Å²) in [7, 11) is 0. The van der Waals surface area contributed by atoms with Gasteiger partial charge in [0.2, 0.25) is 5.91 Å². The largest absolute Gasteiger partial charge is 0.327 e. The van der Waals surface area contributed by atoms with Gasteiger partial charge in [-0.05, 0) is 12.1 Å². The highest BCUT2D eigenvalue weighted by Gasteiger charge is 1.99. The van der Waals surface area contributed by atoms with Gasteiger partial charge >= 0.3 is 0 Å². The predicted octanol–water partition coefficient (Wildman–Crippen LogP) is 2.41. The first-order valence-electron chi connectivity index (χ1n) is 3.47. The molecule has 0 aliphatic carbocycles. The Morgan fingerprint density at radius 1 is 1.33 bits per heavy atom. The molecular weight excluding hydrogens is 267 g/mol. The van der Waals surface area contributed by atoms with Crippen LogP contribution in [0.2, 0.25) is 0 Å². The van der Waals surface area contributed by atoms with E-state index in [1.165, 1.54) is 6.92 Å². The van der Waals surface area contributed by atoms with E-state index in [4.69, 9.17) is 0 Å². The molecule has 0 aromatic heterocycles. The molecule has 1 aromatic carbocycles. The highest BCUT2D eigenvalue weighted by Crippen LogP contribution is 2.21. The third-order valence-electron chi connectivity index (χ3n) is 1.34. The Bertz CT molecular complexity index is 288. The van der Waals surface area contributed by atoms with Gasteiger partial charge in [-0.25, -0.2) is 0 Å². The lowest BCUT2D eigenvalue weighted by molar-refractivity contribution is -0.114. The van der Waals surface area contributed by atoms with Crippen molar-refractivity contribution < 1.29 is 4.79 Å². The highest BCUT2D eigenvalue weighted by atomic mass is 127. The Labute approximate surface area is 85.0 Å². The number of halogens is 1. The Hall–Kier alpha value is -0.780. The molecule has 0 atom stereocenters. The highest BCUT2D eigenvalue weighted by molar-refractivity contribution is 14.1.